The molecule has 2 aromatic heterocycles. The van der Waals surface area contributed by atoms with Crippen molar-refractivity contribution < 1.29 is 18.3 Å². The summed E-state index contributed by atoms with van der Waals surface area (Å²) < 4.78 is 35.8. The van der Waals surface area contributed by atoms with E-state index in [-0.39, 0.29) is 17.7 Å². The van der Waals surface area contributed by atoms with Crippen molar-refractivity contribution in [3.8, 4) is 17.0 Å². The number of halogens is 2. The van der Waals surface area contributed by atoms with Crippen LogP contribution in [0.5, 0.6) is 5.75 Å². The average molecular weight is 416 g/mol. The number of pyridine rings is 1. The molecule has 5 heterocycles. The van der Waals surface area contributed by atoms with E-state index in [4.69, 9.17) is 20.4 Å². The molecule has 0 unspecified atom stereocenters. The first-order chi connectivity index (χ1) is 14.5. The topological polar surface area (TPSA) is 89.6 Å². The van der Waals surface area contributed by atoms with Crippen molar-refractivity contribution in [2.45, 2.75) is 44.1 Å². The molecule has 10 heteroatoms. The Morgan fingerprint density at radius 3 is 2.77 bits per heavy atom. The van der Waals surface area contributed by atoms with Gasteiger partial charge < -0.3 is 25.0 Å². The second-order valence-electron chi connectivity index (χ2n) is 8.44. The molecule has 0 aromatic carbocycles. The van der Waals surface area contributed by atoms with Crippen LogP contribution < -0.4 is 20.3 Å². The Morgan fingerprint density at radius 2 is 2.10 bits per heavy atom. The molecule has 3 saturated heterocycles. The van der Waals surface area contributed by atoms with Gasteiger partial charge in [-0.05, 0) is 31.2 Å². The van der Waals surface area contributed by atoms with Crippen LogP contribution in [-0.2, 0) is 4.74 Å². The van der Waals surface area contributed by atoms with Crippen molar-refractivity contribution in [3.63, 3.8) is 0 Å². The molecule has 6 rings (SSSR count). The zero-order valence-electron chi connectivity index (χ0n) is 16.2. The minimum absolute atomic E-state index is 0.0806. The maximum atomic E-state index is 12.7. The summed E-state index contributed by atoms with van der Waals surface area (Å²) in [4.78, 5) is 18.2. The van der Waals surface area contributed by atoms with Crippen LogP contribution in [-0.4, -0.2) is 59.4 Å². The van der Waals surface area contributed by atoms with E-state index < -0.39 is 6.61 Å². The van der Waals surface area contributed by atoms with Crippen molar-refractivity contribution >= 4 is 17.6 Å². The quantitative estimate of drug-likeness (QED) is 0.794. The fourth-order valence-corrected chi connectivity index (χ4v) is 4.95. The van der Waals surface area contributed by atoms with E-state index >= 15 is 0 Å². The number of nitrogen functional groups attached to an aromatic ring is 1. The van der Waals surface area contributed by atoms with Crippen LogP contribution in [0.3, 0.4) is 0 Å². The molecule has 4 fully saturated rings. The summed E-state index contributed by atoms with van der Waals surface area (Å²) in [5.74, 6) is 2.03. The first-order valence-corrected chi connectivity index (χ1v) is 10.3. The molecule has 2 aromatic rings. The molecule has 3 aliphatic heterocycles. The standard InChI is InChI=1S/C20H22F2N6O2/c21-19(22)30-16-4-11(7-24-18(16)23)14-6-17(28-8-13-5-12(28)9-29-13)26-20(25-14)27-2-1-10-3-15(10)27/h4,6-7,10,12-13,15,19H,1-3,5,8-9H2,(H2,23,24)/t10-,12-,13-,15+/m0/s1. The molecular weight excluding hydrogens is 394 g/mol. The molecule has 1 saturated carbocycles. The van der Waals surface area contributed by atoms with E-state index in [9.17, 15) is 8.78 Å². The number of fused-ring (bicyclic) bond motifs is 3. The first-order valence-electron chi connectivity index (χ1n) is 10.3. The Kier molecular flexibility index (Phi) is 3.99. The predicted octanol–water partition coefficient (Wildman–Crippen LogP) is 2.30. The third-order valence-corrected chi connectivity index (χ3v) is 6.57. The lowest BCUT2D eigenvalue weighted by molar-refractivity contribution is -0.0494. The molecule has 0 spiro atoms. The van der Waals surface area contributed by atoms with Crippen molar-refractivity contribution in [2.75, 3.05) is 35.2 Å². The number of piperidine rings is 1. The number of hydrogen-bond acceptors (Lipinski definition) is 8. The van der Waals surface area contributed by atoms with Crippen molar-refractivity contribution in [1.29, 1.82) is 0 Å². The van der Waals surface area contributed by atoms with Gasteiger partial charge in [-0.3, -0.25) is 0 Å². The van der Waals surface area contributed by atoms with E-state index in [2.05, 4.69) is 19.5 Å². The SMILES string of the molecule is Nc1ncc(-c2cc(N3C[C@@H]4C[C@H]3CO4)nc(N3CC[C@H]4C[C@H]43)n2)cc1OC(F)F. The van der Waals surface area contributed by atoms with E-state index in [1.54, 1.807) is 0 Å². The first kappa shape index (κ1) is 18.1. The molecule has 2 bridgehead atoms. The summed E-state index contributed by atoms with van der Waals surface area (Å²) >= 11 is 0. The second kappa shape index (κ2) is 6.63. The van der Waals surface area contributed by atoms with E-state index in [1.807, 2.05) is 6.07 Å². The predicted molar refractivity (Wildman–Crippen MR) is 106 cm³/mol. The zero-order valence-corrected chi connectivity index (χ0v) is 16.2. The van der Waals surface area contributed by atoms with Gasteiger partial charge in [0.2, 0.25) is 5.95 Å². The second-order valence-corrected chi connectivity index (χ2v) is 8.44. The fourth-order valence-electron chi connectivity index (χ4n) is 4.95. The molecule has 30 heavy (non-hydrogen) atoms. The van der Waals surface area contributed by atoms with Crippen molar-refractivity contribution in [3.05, 3.63) is 18.3 Å². The highest BCUT2D eigenvalue weighted by atomic mass is 19.3. The van der Waals surface area contributed by atoms with Gasteiger partial charge >= 0.3 is 6.61 Å². The number of hydrogen-bond donors (Lipinski definition) is 1. The molecule has 0 radical (unpaired) electrons. The van der Waals surface area contributed by atoms with Crippen LogP contribution in [0.2, 0.25) is 0 Å². The van der Waals surface area contributed by atoms with Gasteiger partial charge in [-0.25, -0.2) is 9.97 Å². The minimum atomic E-state index is -2.97. The number of morpholine rings is 1. The third-order valence-electron chi connectivity index (χ3n) is 6.57. The smallest absolute Gasteiger partial charge is 0.387 e. The summed E-state index contributed by atoms with van der Waals surface area (Å²) in [6.07, 6.45) is 5.11. The Hall–Kier alpha value is -2.75. The summed E-state index contributed by atoms with van der Waals surface area (Å²) in [6.45, 7) is -0.541. The number of alkyl halides is 2. The highest BCUT2D eigenvalue weighted by Crippen LogP contribution is 2.46. The zero-order chi connectivity index (χ0) is 20.4. The molecule has 4 atom stereocenters. The summed E-state index contributed by atoms with van der Waals surface area (Å²) in [5.41, 5.74) is 6.89. The van der Waals surface area contributed by atoms with Crippen molar-refractivity contribution in [1.82, 2.24) is 15.0 Å². The van der Waals surface area contributed by atoms with Crippen LogP contribution in [0, 0.1) is 5.92 Å². The largest absolute Gasteiger partial charge is 0.431 e. The Labute approximate surface area is 172 Å². The minimum Gasteiger partial charge on any atom is -0.431 e. The maximum Gasteiger partial charge on any atom is 0.387 e. The lowest BCUT2D eigenvalue weighted by Gasteiger charge is -2.29. The fraction of sp³-hybridized carbons (Fsp3) is 0.550. The monoisotopic (exact) mass is 416 g/mol. The Balaban J connectivity index is 1.41. The van der Waals surface area contributed by atoms with Crippen LogP contribution in [0.4, 0.5) is 26.4 Å². The lowest BCUT2D eigenvalue weighted by atomic mass is 10.2. The van der Waals surface area contributed by atoms with E-state index in [0.717, 1.165) is 37.7 Å². The molecule has 2 N–H and O–H groups in total. The molecule has 158 valence electrons. The number of ether oxygens (including phenoxy) is 2. The highest BCUT2D eigenvalue weighted by molar-refractivity contribution is 5.68. The average Bonchev–Trinajstić information content (AvgIpc) is 3.10. The van der Waals surface area contributed by atoms with E-state index in [0.29, 0.717) is 35.9 Å². The molecule has 1 aliphatic carbocycles. The number of nitrogens with two attached hydrogens (primary N) is 1. The van der Waals surface area contributed by atoms with Gasteiger partial charge in [-0.1, -0.05) is 0 Å². The summed E-state index contributed by atoms with van der Waals surface area (Å²) in [7, 11) is 0. The Morgan fingerprint density at radius 1 is 1.20 bits per heavy atom. The molecule has 4 aliphatic rings. The number of anilines is 3. The number of aromatic nitrogens is 3. The van der Waals surface area contributed by atoms with Gasteiger partial charge in [-0.15, -0.1) is 0 Å². The summed E-state index contributed by atoms with van der Waals surface area (Å²) in [6, 6.07) is 4.17. The van der Waals surface area contributed by atoms with Crippen LogP contribution in [0.25, 0.3) is 11.3 Å². The number of rotatable bonds is 5. The highest BCUT2D eigenvalue weighted by Gasteiger charge is 2.48. The van der Waals surface area contributed by atoms with Crippen LogP contribution in [0.1, 0.15) is 19.3 Å². The van der Waals surface area contributed by atoms with Crippen molar-refractivity contribution in [2.24, 2.45) is 5.92 Å². The Bertz CT molecular complexity index is 992. The van der Waals surface area contributed by atoms with Gasteiger partial charge in [0.15, 0.2) is 11.6 Å². The normalized spacial score (nSPS) is 29.0. The van der Waals surface area contributed by atoms with Gasteiger partial charge in [0.1, 0.15) is 5.82 Å². The van der Waals surface area contributed by atoms with Gasteiger partial charge in [0.05, 0.1) is 24.4 Å². The van der Waals surface area contributed by atoms with Gasteiger partial charge in [0.25, 0.3) is 0 Å². The van der Waals surface area contributed by atoms with Crippen LogP contribution in [0.15, 0.2) is 18.3 Å². The van der Waals surface area contributed by atoms with Crippen LogP contribution >= 0.6 is 0 Å². The van der Waals surface area contributed by atoms with E-state index in [1.165, 1.54) is 18.7 Å². The molecular formula is C20H22F2N6O2. The van der Waals surface area contributed by atoms with Gasteiger partial charge in [0, 0.05) is 37.0 Å². The van der Waals surface area contributed by atoms with Gasteiger partial charge in [-0.2, -0.15) is 13.8 Å². The third kappa shape index (κ3) is 3.01. The maximum absolute atomic E-state index is 12.7. The molecule has 8 nitrogen and oxygen atoms in total. The number of nitrogens with zero attached hydrogens (tertiary/aromatic N) is 5. The summed E-state index contributed by atoms with van der Waals surface area (Å²) in [5, 5.41) is 0. The lowest BCUT2D eigenvalue weighted by Crippen LogP contribution is -2.38. The molecule has 0 amide bonds.